The molecule has 0 atom stereocenters. The minimum atomic E-state index is -5.00. The molecular formula is C15H25AsN4O5. The van der Waals surface area contributed by atoms with Crippen LogP contribution in [0.3, 0.4) is 0 Å². The summed E-state index contributed by atoms with van der Waals surface area (Å²) >= 11 is -5.00. The van der Waals surface area contributed by atoms with Crippen molar-refractivity contribution in [1.29, 1.82) is 0 Å². The van der Waals surface area contributed by atoms with Crippen molar-refractivity contribution in [2.45, 2.75) is 40.2 Å². The van der Waals surface area contributed by atoms with Crippen LogP contribution in [0.4, 0.5) is 0 Å². The van der Waals surface area contributed by atoms with Gasteiger partial charge in [-0.1, -0.05) is 13.8 Å². The zero-order valence-corrected chi connectivity index (χ0v) is 16.4. The molecule has 10 heteroatoms. The number of aliphatic hydroxyl groups is 1. The summed E-state index contributed by atoms with van der Waals surface area (Å²) in [5.41, 5.74) is 5.69. The Kier molecular flexibility index (Phi) is 10.7. The maximum Gasteiger partial charge on any atom is 0.141 e. The molecular weight excluding hydrogens is 391 g/mol. The molecule has 2 rings (SSSR count). The third kappa shape index (κ3) is 9.21. The summed E-state index contributed by atoms with van der Waals surface area (Å²) in [7, 11) is 0. The Morgan fingerprint density at radius 3 is 2.20 bits per heavy atom. The Bertz CT molecular complexity index is 655. The van der Waals surface area contributed by atoms with Crippen LogP contribution in [0, 0.1) is 0 Å². The maximum absolute atomic E-state index is 10.9. The van der Waals surface area contributed by atoms with Crippen LogP contribution < -0.4 is 11.1 Å². The molecule has 6 N–H and O–H groups in total. The largest absolute Gasteiger partial charge is 0.324 e. The first-order chi connectivity index (χ1) is 11.7. The Hall–Kier alpha value is -1.93. The van der Waals surface area contributed by atoms with Crippen LogP contribution in [-0.2, 0) is 15.1 Å². The van der Waals surface area contributed by atoms with Crippen LogP contribution >= 0.6 is 0 Å². The van der Waals surface area contributed by atoms with Crippen molar-refractivity contribution in [3.05, 3.63) is 46.2 Å². The van der Waals surface area contributed by atoms with E-state index in [2.05, 4.69) is 15.3 Å². The van der Waals surface area contributed by atoms with E-state index in [4.69, 9.17) is 13.9 Å². The second-order valence-electron chi connectivity index (χ2n) is 4.60. The molecule has 140 valence electrons. The predicted octanol–water partition coefficient (Wildman–Crippen LogP) is 0.467. The van der Waals surface area contributed by atoms with E-state index in [9.17, 15) is 13.6 Å². The number of carbonyl (C=O) groups excluding carboxylic acids is 1. The van der Waals surface area contributed by atoms with Crippen molar-refractivity contribution in [1.82, 2.24) is 15.3 Å². The zero-order valence-electron chi connectivity index (χ0n) is 14.5. The van der Waals surface area contributed by atoms with Gasteiger partial charge in [0.2, 0.25) is 0 Å². The third-order valence-corrected chi connectivity index (χ3v) is 5.15. The molecule has 0 saturated heterocycles. The molecule has 0 spiro atoms. The van der Waals surface area contributed by atoms with Crippen molar-refractivity contribution < 1.29 is 21.8 Å². The topological polar surface area (TPSA) is 159 Å². The fourth-order valence-corrected chi connectivity index (χ4v) is 3.36. The van der Waals surface area contributed by atoms with Gasteiger partial charge in [0, 0.05) is 12.4 Å². The van der Waals surface area contributed by atoms with Gasteiger partial charge in [-0.05, 0) is 6.07 Å². The number of carbonyl (C=O) groups is 1. The number of amides is 1. The Morgan fingerprint density at radius 1 is 1.28 bits per heavy atom. The molecule has 1 aliphatic carbocycles. The summed E-state index contributed by atoms with van der Waals surface area (Å²) in [5, 5.41) is 11.8. The minimum absolute atomic E-state index is 0.0709. The number of rotatable bonds is 3. The third-order valence-electron chi connectivity index (χ3n) is 2.73. The van der Waals surface area contributed by atoms with E-state index in [-0.39, 0.29) is 16.7 Å². The fourth-order valence-electron chi connectivity index (χ4n) is 1.76. The van der Waals surface area contributed by atoms with E-state index in [0.29, 0.717) is 24.5 Å². The van der Waals surface area contributed by atoms with Gasteiger partial charge < -0.3 is 5.73 Å². The van der Waals surface area contributed by atoms with Crippen molar-refractivity contribution in [3.63, 3.8) is 0 Å². The van der Waals surface area contributed by atoms with Crippen molar-refractivity contribution >= 4 is 20.1 Å². The standard InChI is InChI=1S/C8H12AsNO5.C5H7N3.C2H6/c1-5(11)10-6-2-3-7(8(12)4-6)9(13,14)15;6-4-5-7-2-1-3-8-5;1-2/h4,12H,2-3H2,1H3,(H,10,11)(H2,13,14,15);1-3H,4,6H2;1-2H3. The smallest absolute Gasteiger partial charge is 0.141 e. The maximum atomic E-state index is 10.9. The normalized spacial score (nSPS) is 13.6. The van der Waals surface area contributed by atoms with Crippen molar-refractivity contribution in [2.75, 3.05) is 0 Å². The van der Waals surface area contributed by atoms with Crippen molar-refractivity contribution in [3.8, 4) is 0 Å². The number of allylic oxidation sites excluding steroid dienone is 3. The quantitative estimate of drug-likeness (QED) is 0.445. The van der Waals surface area contributed by atoms with Gasteiger partial charge >= 0.3 is 88.9 Å². The molecule has 0 aliphatic heterocycles. The number of hydrogen-bond acceptors (Lipinski definition) is 6. The first-order valence-corrected chi connectivity index (χ1v) is 11.0. The van der Waals surface area contributed by atoms with Gasteiger partial charge in [-0.15, -0.1) is 0 Å². The van der Waals surface area contributed by atoms with E-state index in [0.717, 1.165) is 0 Å². The number of nitrogens with one attached hydrogen (secondary N) is 1. The summed E-state index contributed by atoms with van der Waals surface area (Å²) in [6.07, 6.45) is 4.91. The van der Waals surface area contributed by atoms with Gasteiger partial charge in [-0.3, -0.25) is 0 Å². The van der Waals surface area contributed by atoms with Crippen molar-refractivity contribution in [2.24, 2.45) is 5.73 Å². The zero-order chi connectivity index (χ0) is 19.5. The molecule has 0 saturated carbocycles. The molecule has 1 heterocycles. The molecule has 1 aromatic heterocycles. The summed E-state index contributed by atoms with van der Waals surface area (Å²) in [6, 6.07) is 1.76. The molecule has 0 fully saturated rings. The first-order valence-electron chi connectivity index (χ1n) is 7.66. The molecule has 1 aliphatic rings. The first kappa shape index (κ1) is 23.1. The van der Waals surface area contributed by atoms with Crippen LogP contribution in [0.25, 0.3) is 0 Å². The molecule has 1 aromatic rings. The molecule has 0 bridgehead atoms. The van der Waals surface area contributed by atoms with Crippen LogP contribution in [-0.4, -0.2) is 43.3 Å². The predicted molar refractivity (Wildman–Crippen MR) is 92.9 cm³/mol. The second kappa shape index (κ2) is 11.6. The van der Waals surface area contributed by atoms with E-state index >= 15 is 0 Å². The van der Waals surface area contributed by atoms with Crippen LogP contribution in [0.2, 0.25) is 0 Å². The Morgan fingerprint density at radius 2 is 1.84 bits per heavy atom. The minimum Gasteiger partial charge on any atom is -0.324 e. The second-order valence-corrected chi connectivity index (χ2v) is 8.01. The van der Waals surface area contributed by atoms with Gasteiger partial charge in [0.25, 0.3) is 0 Å². The number of aliphatic hydroxyl groups excluding tert-OH is 1. The number of nitrogens with zero attached hydrogens (tertiary/aromatic N) is 2. The van der Waals surface area contributed by atoms with E-state index in [1.807, 2.05) is 13.8 Å². The summed E-state index contributed by atoms with van der Waals surface area (Å²) < 4.78 is 28.6. The number of aromatic nitrogens is 2. The van der Waals surface area contributed by atoms with Crippen LogP contribution in [0.1, 0.15) is 39.4 Å². The Labute approximate surface area is 149 Å². The molecule has 0 unspecified atom stereocenters. The summed E-state index contributed by atoms with van der Waals surface area (Å²) in [4.78, 5) is 18.4. The monoisotopic (exact) mass is 416 g/mol. The van der Waals surface area contributed by atoms with Gasteiger partial charge in [0.15, 0.2) is 0 Å². The number of nitrogens with two attached hydrogens (primary N) is 1. The van der Waals surface area contributed by atoms with Crippen LogP contribution in [0.15, 0.2) is 40.4 Å². The molecule has 1 amide bonds. The molecule has 0 radical (unpaired) electrons. The van der Waals surface area contributed by atoms with E-state index in [1.165, 1.54) is 13.0 Å². The van der Waals surface area contributed by atoms with Gasteiger partial charge in [0.1, 0.15) is 5.82 Å². The summed E-state index contributed by atoms with van der Waals surface area (Å²) in [6.45, 7) is 5.74. The molecule has 25 heavy (non-hydrogen) atoms. The van der Waals surface area contributed by atoms with E-state index < -0.39 is 19.9 Å². The van der Waals surface area contributed by atoms with Gasteiger partial charge in [-0.2, -0.15) is 0 Å². The van der Waals surface area contributed by atoms with E-state index in [1.54, 1.807) is 18.5 Å². The Balaban J connectivity index is 0.000000483. The van der Waals surface area contributed by atoms with Crippen LogP contribution in [0.5, 0.6) is 0 Å². The molecule has 0 aromatic carbocycles. The fraction of sp³-hybridized carbons (Fsp3) is 0.400. The molecule has 9 nitrogen and oxygen atoms in total. The SMILES string of the molecule is CC.CC(=O)NC1=CC(O)=C([As](=O)(O)O)CC1.NCc1ncccn1. The van der Waals surface area contributed by atoms with Gasteiger partial charge in [0.05, 0.1) is 6.54 Å². The summed E-state index contributed by atoms with van der Waals surface area (Å²) in [5.74, 6) is -0.0240. The average Bonchev–Trinajstić information content (AvgIpc) is 2.56. The average molecular weight is 416 g/mol. The number of hydrogen-bond donors (Lipinski definition) is 5. The van der Waals surface area contributed by atoms with Gasteiger partial charge in [-0.25, -0.2) is 9.97 Å².